The molecular formula is C15H29Br. The lowest BCUT2D eigenvalue weighted by molar-refractivity contribution is 0.129. The van der Waals surface area contributed by atoms with Crippen LogP contribution in [0, 0.1) is 23.2 Å². The summed E-state index contributed by atoms with van der Waals surface area (Å²) in [4.78, 5) is 0.749. The van der Waals surface area contributed by atoms with Crippen molar-refractivity contribution in [1.82, 2.24) is 0 Å². The zero-order chi connectivity index (χ0) is 12.3. The van der Waals surface area contributed by atoms with Crippen molar-refractivity contribution in [1.29, 1.82) is 0 Å². The molecule has 16 heavy (non-hydrogen) atoms. The van der Waals surface area contributed by atoms with Gasteiger partial charge in [0, 0.05) is 4.83 Å². The molecule has 0 amide bonds. The third kappa shape index (κ3) is 4.05. The molecule has 96 valence electrons. The fourth-order valence-corrected chi connectivity index (χ4v) is 4.66. The summed E-state index contributed by atoms with van der Waals surface area (Å²) in [6, 6.07) is 0. The van der Waals surface area contributed by atoms with E-state index in [1.165, 1.54) is 32.1 Å². The van der Waals surface area contributed by atoms with Crippen LogP contribution in [0.15, 0.2) is 0 Å². The molecule has 0 aliphatic heterocycles. The quantitative estimate of drug-likeness (QED) is 0.587. The lowest BCUT2D eigenvalue weighted by Gasteiger charge is -2.42. The molecule has 0 aromatic carbocycles. The van der Waals surface area contributed by atoms with Crippen LogP contribution in [-0.2, 0) is 0 Å². The number of rotatable bonds is 4. The van der Waals surface area contributed by atoms with Gasteiger partial charge in [0.25, 0.3) is 0 Å². The van der Waals surface area contributed by atoms with Crippen molar-refractivity contribution < 1.29 is 0 Å². The first-order chi connectivity index (χ1) is 7.33. The summed E-state index contributed by atoms with van der Waals surface area (Å²) in [5.41, 5.74) is 0.512. The summed E-state index contributed by atoms with van der Waals surface area (Å²) in [6.45, 7) is 12.0. The van der Waals surface area contributed by atoms with E-state index >= 15 is 0 Å². The minimum absolute atomic E-state index is 0.512. The normalized spacial score (nSPS) is 32.1. The molecule has 1 saturated carbocycles. The lowest BCUT2D eigenvalue weighted by atomic mass is 9.66. The van der Waals surface area contributed by atoms with Gasteiger partial charge >= 0.3 is 0 Å². The van der Waals surface area contributed by atoms with Crippen molar-refractivity contribution in [3.05, 3.63) is 0 Å². The Labute approximate surface area is 111 Å². The smallest absolute Gasteiger partial charge is 0.0181 e. The van der Waals surface area contributed by atoms with Crippen molar-refractivity contribution in [2.75, 3.05) is 0 Å². The predicted molar refractivity (Wildman–Crippen MR) is 77.1 cm³/mol. The molecule has 0 aromatic rings. The monoisotopic (exact) mass is 288 g/mol. The Balaban J connectivity index is 2.53. The van der Waals surface area contributed by atoms with E-state index in [1.807, 2.05) is 0 Å². The van der Waals surface area contributed by atoms with E-state index in [1.54, 1.807) is 0 Å². The fraction of sp³-hybridized carbons (Fsp3) is 1.00. The standard InChI is InChI=1S/C15H29Br/c1-11(2)8-9-15(4,5)13-7-6-12(3)10-14(13)16/h11-14H,6-10H2,1-5H3. The van der Waals surface area contributed by atoms with Crippen LogP contribution in [0.3, 0.4) is 0 Å². The van der Waals surface area contributed by atoms with Gasteiger partial charge in [-0.2, -0.15) is 0 Å². The maximum Gasteiger partial charge on any atom is 0.0181 e. The van der Waals surface area contributed by atoms with Crippen LogP contribution in [0.5, 0.6) is 0 Å². The third-order valence-corrected chi connectivity index (χ3v) is 5.42. The molecule has 0 saturated heterocycles. The first-order valence-corrected chi connectivity index (χ1v) is 7.88. The summed E-state index contributed by atoms with van der Waals surface area (Å²) in [5, 5.41) is 0. The molecule has 3 atom stereocenters. The van der Waals surface area contributed by atoms with Crippen LogP contribution < -0.4 is 0 Å². The maximum atomic E-state index is 3.94. The van der Waals surface area contributed by atoms with E-state index in [-0.39, 0.29) is 0 Å². The number of hydrogen-bond donors (Lipinski definition) is 0. The molecule has 1 rings (SSSR count). The Kier molecular flexibility index (Phi) is 5.35. The minimum Gasteiger partial charge on any atom is -0.0887 e. The lowest BCUT2D eigenvalue weighted by Crippen LogP contribution is -2.35. The van der Waals surface area contributed by atoms with E-state index in [0.29, 0.717) is 5.41 Å². The Hall–Kier alpha value is 0.480. The van der Waals surface area contributed by atoms with Crippen molar-refractivity contribution in [3.63, 3.8) is 0 Å². The Bertz CT molecular complexity index is 207. The molecule has 1 heteroatoms. The van der Waals surface area contributed by atoms with Gasteiger partial charge in [-0.25, -0.2) is 0 Å². The number of hydrogen-bond acceptors (Lipinski definition) is 0. The second-order valence-electron chi connectivity index (χ2n) is 6.96. The molecule has 1 fully saturated rings. The predicted octanol–water partition coefficient (Wildman–Crippen LogP) is 5.65. The zero-order valence-electron chi connectivity index (χ0n) is 11.7. The van der Waals surface area contributed by atoms with Gasteiger partial charge < -0.3 is 0 Å². The van der Waals surface area contributed by atoms with Gasteiger partial charge in [-0.1, -0.05) is 63.4 Å². The Morgan fingerprint density at radius 2 is 1.88 bits per heavy atom. The highest BCUT2D eigenvalue weighted by atomic mass is 79.9. The second-order valence-corrected chi connectivity index (χ2v) is 8.14. The topological polar surface area (TPSA) is 0 Å². The van der Waals surface area contributed by atoms with E-state index < -0.39 is 0 Å². The van der Waals surface area contributed by atoms with E-state index in [4.69, 9.17) is 0 Å². The number of halogens is 1. The van der Waals surface area contributed by atoms with Crippen LogP contribution in [0.25, 0.3) is 0 Å². The SMILES string of the molecule is CC(C)CCC(C)(C)C1CCC(C)CC1Br. The first kappa shape index (κ1) is 14.5. The largest absolute Gasteiger partial charge is 0.0887 e. The molecule has 1 aliphatic carbocycles. The van der Waals surface area contributed by atoms with Crippen molar-refractivity contribution >= 4 is 15.9 Å². The Morgan fingerprint density at radius 1 is 1.25 bits per heavy atom. The molecule has 0 nitrogen and oxygen atoms in total. The molecule has 1 aliphatic rings. The van der Waals surface area contributed by atoms with Crippen LogP contribution in [0.4, 0.5) is 0 Å². The summed E-state index contributed by atoms with van der Waals surface area (Å²) in [5.74, 6) is 2.64. The van der Waals surface area contributed by atoms with E-state index in [0.717, 1.165) is 22.6 Å². The van der Waals surface area contributed by atoms with Crippen molar-refractivity contribution in [2.24, 2.45) is 23.2 Å². The number of alkyl halides is 1. The summed E-state index contributed by atoms with van der Waals surface area (Å²) < 4.78 is 0. The van der Waals surface area contributed by atoms with Crippen LogP contribution in [-0.4, -0.2) is 4.83 Å². The fourth-order valence-electron chi connectivity index (χ4n) is 3.04. The van der Waals surface area contributed by atoms with Gasteiger partial charge in [0.1, 0.15) is 0 Å². The molecule has 0 spiro atoms. The van der Waals surface area contributed by atoms with Crippen molar-refractivity contribution in [2.45, 2.75) is 71.5 Å². The highest BCUT2D eigenvalue weighted by molar-refractivity contribution is 9.09. The minimum atomic E-state index is 0.512. The Morgan fingerprint density at radius 3 is 2.38 bits per heavy atom. The molecule has 0 aromatic heterocycles. The summed E-state index contributed by atoms with van der Waals surface area (Å²) in [7, 11) is 0. The average Bonchev–Trinajstić information content (AvgIpc) is 2.14. The van der Waals surface area contributed by atoms with Crippen LogP contribution in [0.1, 0.15) is 66.7 Å². The first-order valence-electron chi connectivity index (χ1n) is 6.97. The molecule has 0 heterocycles. The van der Waals surface area contributed by atoms with Gasteiger partial charge in [0.2, 0.25) is 0 Å². The van der Waals surface area contributed by atoms with E-state index in [2.05, 4.69) is 50.5 Å². The van der Waals surface area contributed by atoms with Gasteiger partial charge in [-0.3, -0.25) is 0 Å². The molecular weight excluding hydrogens is 260 g/mol. The third-order valence-electron chi connectivity index (χ3n) is 4.40. The highest BCUT2D eigenvalue weighted by Crippen LogP contribution is 2.46. The highest BCUT2D eigenvalue weighted by Gasteiger charge is 2.37. The zero-order valence-corrected chi connectivity index (χ0v) is 13.3. The van der Waals surface area contributed by atoms with Gasteiger partial charge in [0.05, 0.1) is 0 Å². The van der Waals surface area contributed by atoms with E-state index in [9.17, 15) is 0 Å². The summed E-state index contributed by atoms with van der Waals surface area (Å²) in [6.07, 6.45) is 6.97. The maximum absolute atomic E-state index is 3.94. The molecule has 3 unspecified atom stereocenters. The molecule has 0 radical (unpaired) electrons. The van der Waals surface area contributed by atoms with Crippen LogP contribution in [0.2, 0.25) is 0 Å². The van der Waals surface area contributed by atoms with Crippen LogP contribution >= 0.6 is 15.9 Å². The van der Waals surface area contributed by atoms with Gasteiger partial charge in [-0.15, -0.1) is 0 Å². The van der Waals surface area contributed by atoms with Gasteiger partial charge in [0.15, 0.2) is 0 Å². The molecule has 0 N–H and O–H groups in total. The van der Waals surface area contributed by atoms with Crippen molar-refractivity contribution in [3.8, 4) is 0 Å². The van der Waals surface area contributed by atoms with Gasteiger partial charge in [-0.05, 0) is 42.4 Å². The summed E-state index contributed by atoms with van der Waals surface area (Å²) >= 11 is 3.94. The molecule has 0 bridgehead atoms. The average molecular weight is 289 g/mol. The second kappa shape index (κ2) is 5.89.